The van der Waals surface area contributed by atoms with Gasteiger partial charge < -0.3 is 4.90 Å². The lowest BCUT2D eigenvalue weighted by molar-refractivity contribution is -0.137. The minimum atomic E-state index is -4.45. The Morgan fingerprint density at radius 2 is 1.72 bits per heavy atom. The minimum Gasteiger partial charge on any atom is -0.338 e. The van der Waals surface area contributed by atoms with Crippen molar-refractivity contribution >= 4 is 5.91 Å². The van der Waals surface area contributed by atoms with E-state index in [0.29, 0.717) is 30.3 Å². The Labute approximate surface area is 184 Å². The number of rotatable bonds is 4. The molecule has 0 N–H and O–H groups in total. The first-order chi connectivity index (χ1) is 15.3. The molecule has 0 unspecified atom stereocenters. The van der Waals surface area contributed by atoms with Crippen molar-refractivity contribution in [3.8, 4) is 5.82 Å². The van der Waals surface area contributed by atoms with E-state index in [0.717, 1.165) is 25.1 Å². The van der Waals surface area contributed by atoms with Gasteiger partial charge in [-0.1, -0.05) is 44.2 Å². The molecule has 1 aliphatic rings. The van der Waals surface area contributed by atoms with Gasteiger partial charge in [-0.2, -0.15) is 18.3 Å². The molecule has 1 saturated heterocycles. The van der Waals surface area contributed by atoms with Gasteiger partial charge in [0.2, 0.25) is 0 Å². The van der Waals surface area contributed by atoms with Gasteiger partial charge in [-0.15, -0.1) is 0 Å². The standard InChI is InChI=1S/C24H25F3N4O/c1-16(2)22-20(15-29-31(22)21-9-8-19(14-28-21)24(25,26)27)23(32)30-12-10-18(11-13-30)17-6-4-3-5-7-17/h3-9,14-16,18H,10-13H2,1-2H3. The summed E-state index contributed by atoms with van der Waals surface area (Å²) in [6.45, 7) is 5.16. The number of halogens is 3. The second-order valence-electron chi connectivity index (χ2n) is 8.39. The molecular formula is C24H25F3N4O. The smallest absolute Gasteiger partial charge is 0.338 e. The maximum Gasteiger partial charge on any atom is 0.417 e. The number of nitrogens with zero attached hydrogens (tertiary/aromatic N) is 4. The zero-order valence-electron chi connectivity index (χ0n) is 18.0. The third-order valence-electron chi connectivity index (χ3n) is 5.93. The van der Waals surface area contributed by atoms with Crippen LogP contribution in [0.2, 0.25) is 0 Å². The molecule has 0 aliphatic carbocycles. The average molecular weight is 442 g/mol. The number of carbonyl (C=O) groups excluding carboxylic acids is 1. The van der Waals surface area contributed by atoms with E-state index in [9.17, 15) is 18.0 Å². The lowest BCUT2D eigenvalue weighted by Gasteiger charge is -2.32. The van der Waals surface area contributed by atoms with Crippen molar-refractivity contribution < 1.29 is 18.0 Å². The fourth-order valence-corrected chi connectivity index (χ4v) is 4.25. The first kappa shape index (κ1) is 22.0. The quantitative estimate of drug-likeness (QED) is 0.541. The molecule has 0 radical (unpaired) electrons. The predicted molar refractivity (Wildman–Crippen MR) is 115 cm³/mol. The van der Waals surface area contributed by atoms with E-state index < -0.39 is 11.7 Å². The number of benzene rings is 1. The molecule has 3 aromatic rings. The summed E-state index contributed by atoms with van der Waals surface area (Å²) in [5, 5.41) is 4.30. The summed E-state index contributed by atoms with van der Waals surface area (Å²) in [5.74, 6) is 0.521. The monoisotopic (exact) mass is 442 g/mol. The summed E-state index contributed by atoms with van der Waals surface area (Å²) in [6.07, 6.45) is -0.385. The van der Waals surface area contributed by atoms with Gasteiger partial charge in [-0.25, -0.2) is 9.67 Å². The van der Waals surface area contributed by atoms with Crippen molar-refractivity contribution in [1.82, 2.24) is 19.7 Å². The molecule has 1 fully saturated rings. The maximum absolute atomic E-state index is 13.3. The van der Waals surface area contributed by atoms with E-state index in [-0.39, 0.29) is 17.6 Å². The number of hydrogen-bond acceptors (Lipinski definition) is 3. The largest absolute Gasteiger partial charge is 0.417 e. The number of piperidine rings is 1. The molecule has 5 nitrogen and oxygen atoms in total. The average Bonchev–Trinajstić information content (AvgIpc) is 3.24. The van der Waals surface area contributed by atoms with Gasteiger partial charge in [-0.3, -0.25) is 4.79 Å². The number of carbonyl (C=O) groups is 1. The van der Waals surface area contributed by atoms with E-state index in [1.807, 2.05) is 36.9 Å². The lowest BCUT2D eigenvalue weighted by atomic mass is 9.89. The van der Waals surface area contributed by atoms with Gasteiger partial charge in [-0.05, 0) is 42.4 Å². The van der Waals surface area contributed by atoms with Crippen LogP contribution in [0.25, 0.3) is 5.82 Å². The third-order valence-corrected chi connectivity index (χ3v) is 5.93. The molecular weight excluding hydrogens is 417 g/mol. The molecule has 0 spiro atoms. The van der Waals surface area contributed by atoms with Crippen molar-refractivity contribution in [3.05, 3.63) is 77.2 Å². The SMILES string of the molecule is CC(C)c1c(C(=O)N2CCC(c3ccccc3)CC2)cnn1-c1ccc(C(F)(F)F)cn1. The normalized spacial score (nSPS) is 15.4. The lowest BCUT2D eigenvalue weighted by Crippen LogP contribution is -2.38. The van der Waals surface area contributed by atoms with Gasteiger partial charge >= 0.3 is 6.18 Å². The van der Waals surface area contributed by atoms with Crippen molar-refractivity contribution in [3.63, 3.8) is 0 Å². The first-order valence-corrected chi connectivity index (χ1v) is 10.7. The summed E-state index contributed by atoms with van der Waals surface area (Å²) in [5.41, 5.74) is 1.59. The zero-order chi connectivity index (χ0) is 22.9. The van der Waals surface area contributed by atoms with E-state index in [4.69, 9.17) is 0 Å². The Morgan fingerprint density at radius 3 is 2.28 bits per heavy atom. The highest BCUT2D eigenvalue weighted by molar-refractivity contribution is 5.95. The van der Waals surface area contributed by atoms with Crippen molar-refractivity contribution in [2.75, 3.05) is 13.1 Å². The Hall–Kier alpha value is -3.16. The Bertz CT molecular complexity index is 1070. The molecule has 32 heavy (non-hydrogen) atoms. The van der Waals surface area contributed by atoms with Crippen LogP contribution in [0, 0.1) is 0 Å². The van der Waals surface area contributed by atoms with E-state index in [2.05, 4.69) is 22.2 Å². The zero-order valence-corrected chi connectivity index (χ0v) is 18.0. The molecule has 8 heteroatoms. The van der Waals surface area contributed by atoms with Crippen LogP contribution in [0.15, 0.2) is 54.9 Å². The maximum atomic E-state index is 13.3. The molecule has 0 bridgehead atoms. The van der Waals surface area contributed by atoms with Gasteiger partial charge in [0.25, 0.3) is 5.91 Å². The topological polar surface area (TPSA) is 51.0 Å². The van der Waals surface area contributed by atoms with Gasteiger partial charge in [0.1, 0.15) is 0 Å². The number of alkyl halides is 3. The summed E-state index contributed by atoms with van der Waals surface area (Å²) in [4.78, 5) is 19.1. The minimum absolute atomic E-state index is 0.0672. The predicted octanol–water partition coefficient (Wildman–Crippen LogP) is 5.43. The summed E-state index contributed by atoms with van der Waals surface area (Å²) >= 11 is 0. The number of pyridine rings is 1. The Kier molecular flexibility index (Phi) is 6.04. The Balaban J connectivity index is 1.54. The molecule has 2 aromatic heterocycles. The van der Waals surface area contributed by atoms with E-state index >= 15 is 0 Å². The van der Waals surface area contributed by atoms with Crippen LogP contribution in [-0.4, -0.2) is 38.7 Å². The molecule has 0 atom stereocenters. The van der Waals surface area contributed by atoms with Crippen molar-refractivity contribution in [1.29, 1.82) is 0 Å². The molecule has 1 aromatic carbocycles. The fraction of sp³-hybridized carbons (Fsp3) is 0.375. The van der Waals surface area contributed by atoms with E-state index in [1.54, 1.807) is 0 Å². The van der Waals surface area contributed by atoms with Crippen LogP contribution < -0.4 is 0 Å². The second-order valence-corrected chi connectivity index (χ2v) is 8.39. The van der Waals surface area contributed by atoms with Gasteiger partial charge in [0.15, 0.2) is 5.82 Å². The van der Waals surface area contributed by atoms with Crippen LogP contribution in [0.3, 0.4) is 0 Å². The van der Waals surface area contributed by atoms with Gasteiger partial charge in [0, 0.05) is 19.3 Å². The van der Waals surface area contributed by atoms with Gasteiger partial charge in [0.05, 0.1) is 23.0 Å². The van der Waals surface area contributed by atoms with Crippen LogP contribution >= 0.6 is 0 Å². The van der Waals surface area contributed by atoms with Crippen LogP contribution in [-0.2, 0) is 6.18 Å². The highest BCUT2D eigenvalue weighted by Gasteiger charge is 2.32. The Morgan fingerprint density at radius 1 is 1.03 bits per heavy atom. The van der Waals surface area contributed by atoms with Crippen LogP contribution in [0.4, 0.5) is 13.2 Å². The molecule has 3 heterocycles. The highest BCUT2D eigenvalue weighted by atomic mass is 19.4. The molecule has 1 aliphatic heterocycles. The third kappa shape index (κ3) is 4.40. The molecule has 1 amide bonds. The van der Waals surface area contributed by atoms with E-state index in [1.165, 1.54) is 22.5 Å². The number of aromatic nitrogens is 3. The summed E-state index contributed by atoms with van der Waals surface area (Å²) in [6, 6.07) is 12.6. The highest BCUT2D eigenvalue weighted by Crippen LogP contribution is 2.31. The van der Waals surface area contributed by atoms with Crippen LogP contribution in [0.1, 0.15) is 65.7 Å². The number of likely N-dealkylation sites (tertiary alicyclic amines) is 1. The molecule has 0 saturated carbocycles. The fourth-order valence-electron chi connectivity index (χ4n) is 4.25. The molecule has 168 valence electrons. The van der Waals surface area contributed by atoms with Crippen molar-refractivity contribution in [2.24, 2.45) is 0 Å². The van der Waals surface area contributed by atoms with Crippen LogP contribution in [0.5, 0.6) is 0 Å². The summed E-state index contributed by atoms with van der Waals surface area (Å²) < 4.78 is 40.1. The second kappa shape index (κ2) is 8.76. The molecule has 4 rings (SSSR count). The number of hydrogen-bond donors (Lipinski definition) is 0. The number of amides is 1. The summed E-state index contributed by atoms with van der Waals surface area (Å²) in [7, 11) is 0. The first-order valence-electron chi connectivity index (χ1n) is 10.7. The van der Waals surface area contributed by atoms with Crippen molar-refractivity contribution in [2.45, 2.75) is 44.7 Å².